The van der Waals surface area contributed by atoms with Crippen LogP contribution in [0.25, 0.3) is 0 Å². The molecular formula is C12H18N4S. The van der Waals surface area contributed by atoms with E-state index >= 15 is 0 Å². The molecule has 0 unspecified atom stereocenters. The van der Waals surface area contributed by atoms with E-state index < -0.39 is 0 Å². The largest absolute Gasteiger partial charge is 0.334 e. The van der Waals surface area contributed by atoms with Crippen molar-refractivity contribution in [1.82, 2.24) is 19.9 Å². The fraction of sp³-hybridized carbons (Fsp3) is 0.500. The molecule has 1 atom stereocenters. The number of nitrogens with one attached hydrogen (secondary N) is 1. The molecule has 17 heavy (non-hydrogen) atoms. The van der Waals surface area contributed by atoms with Crippen molar-refractivity contribution in [3.05, 3.63) is 34.8 Å². The van der Waals surface area contributed by atoms with E-state index in [-0.39, 0.29) is 0 Å². The normalized spacial score (nSPS) is 12.8. The zero-order chi connectivity index (χ0) is 12.1. The fourth-order valence-corrected chi connectivity index (χ4v) is 2.38. The zero-order valence-corrected chi connectivity index (χ0v) is 11.1. The molecule has 0 saturated heterocycles. The molecule has 4 nitrogen and oxygen atoms in total. The third kappa shape index (κ3) is 3.64. The summed E-state index contributed by atoms with van der Waals surface area (Å²) in [6.07, 6.45) is 6.73. The maximum atomic E-state index is 4.27. The number of hydrogen-bond acceptors (Lipinski definition) is 4. The second-order valence-corrected chi connectivity index (χ2v) is 5.14. The van der Waals surface area contributed by atoms with Gasteiger partial charge in [-0.25, -0.2) is 9.97 Å². The first kappa shape index (κ1) is 12.3. The zero-order valence-electron chi connectivity index (χ0n) is 10.3. The van der Waals surface area contributed by atoms with Crippen LogP contribution in [-0.4, -0.2) is 27.1 Å². The summed E-state index contributed by atoms with van der Waals surface area (Å²) in [6, 6.07) is 0.447. The van der Waals surface area contributed by atoms with Gasteiger partial charge in [0, 0.05) is 49.5 Å². The highest BCUT2D eigenvalue weighted by Crippen LogP contribution is 2.04. The number of nitrogens with zero attached hydrogens (tertiary/aromatic N) is 3. The van der Waals surface area contributed by atoms with Gasteiger partial charge in [-0.3, -0.25) is 0 Å². The predicted molar refractivity (Wildman–Crippen MR) is 70.2 cm³/mol. The van der Waals surface area contributed by atoms with Crippen LogP contribution in [0.15, 0.2) is 24.0 Å². The van der Waals surface area contributed by atoms with Crippen LogP contribution in [0.1, 0.15) is 17.8 Å². The lowest BCUT2D eigenvalue weighted by atomic mass is 10.3. The average Bonchev–Trinajstić information content (AvgIpc) is 2.92. The summed E-state index contributed by atoms with van der Waals surface area (Å²) in [6.45, 7) is 6.16. The molecule has 1 N–H and O–H groups in total. The Labute approximate surface area is 106 Å². The van der Waals surface area contributed by atoms with Crippen LogP contribution in [0.4, 0.5) is 0 Å². The molecule has 2 heterocycles. The number of imidazole rings is 1. The molecule has 2 aromatic heterocycles. The standard InChI is InChI=1S/C12H18N4S/c1-10(9-16-7-5-14-11(16)2)13-4-3-12-15-6-8-17-12/h5-8,10,13H,3-4,9H2,1-2H3/t10-/m0/s1. The van der Waals surface area contributed by atoms with Gasteiger partial charge in [-0.05, 0) is 13.8 Å². The lowest BCUT2D eigenvalue weighted by Gasteiger charge is -2.14. The lowest BCUT2D eigenvalue weighted by Crippen LogP contribution is -2.32. The van der Waals surface area contributed by atoms with Crippen LogP contribution in [-0.2, 0) is 13.0 Å². The molecular weight excluding hydrogens is 232 g/mol. The fourth-order valence-electron chi connectivity index (χ4n) is 1.76. The Morgan fingerprint density at radius 2 is 2.29 bits per heavy atom. The van der Waals surface area contributed by atoms with Gasteiger partial charge in [-0.15, -0.1) is 11.3 Å². The van der Waals surface area contributed by atoms with Crippen LogP contribution in [0.3, 0.4) is 0 Å². The van der Waals surface area contributed by atoms with Crippen LogP contribution >= 0.6 is 11.3 Å². The topological polar surface area (TPSA) is 42.7 Å². The Morgan fingerprint density at radius 3 is 2.94 bits per heavy atom. The Bertz CT molecular complexity index is 435. The van der Waals surface area contributed by atoms with Crippen LogP contribution in [0.5, 0.6) is 0 Å². The van der Waals surface area contributed by atoms with Gasteiger partial charge in [-0.2, -0.15) is 0 Å². The first-order valence-electron chi connectivity index (χ1n) is 5.85. The second-order valence-electron chi connectivity index (χ2n) is 4.16. The van der Waals surface area contributed by atoms with E-state index in [4.69, 9.17) is 0 Å². The van der Waals surface area contributed by atoms with Gasteiger partial charge in [0.2, 0.25) is 0 Å². The first-order valence-corrected chi connectivity index (χ1v) is 6.73. The summed E-state index contributed by atoms with van der Waals surface area (Å²) in [4.78, 5) is 8.48. The van der Waals surface area contributed by atoms with Crippen molar-refractivity contribution in [2.24, 2.45) is 0 Å². The number of thiazole rings is 1. The van der Waals surface area contributed by atoms with Crippen molar-refractivity contribution in [1.29, 1.82) is 0 Å². The Hall–Kier alpha value is -1.20. The molecule has 0 radical (unpaired) electrons. The maximum absolute atomic E-state index is 4.27. The van der Waals surface area contributed by atoms with Gasteiger partial charge in [0.15, 0.2) is 0 Å². The van der Waals surface area contributed by atoms with E-state index in [1.54, 1.807) is 11.3 Å². The van der Waals surface area contributed by atoms with Crippen molar-refractivity contribution >= 4 is 11.3 Å². The van der Waals surface area contributed by atoms with E-state index in [1.807, 2.05) is 30.9 Å². The highest BCUT2D eigenvalue weighted by Gasteiger charge is 2.04. The highest BCUT2D eigenvalue weighted by atomic mass is 32.1. The number of aromatic nitrogens is 3. The van der Waals surface area contributed by atoms with Crippen molar-refractivity contribution in [3.8, 4) is 0 Å². The van der Waals surface area contributed by atoms with Crippen LogP contribution < -0.4 is 5.32 Å². The monoisotopic (exact) mass is 250 g/mol. The minimum absolute atomic E-state index is 0.447. The maximum Gasteiger partial charge on any atom is 0.105 e. The molecule has 0 bridgehead atoms. The third-order valence-corrected chi connectivity index (χ3v) is 3.55. The molecule has 2 rings (SSSR count). The minimum atomic E-state index is 0.447. The Morgan fingerprint density at radius 1 is 1.41 bits per heavy atom. The highest BCUT2D eigenvalue weighted by molar-refractivity contribution is 7.09. The van der Waals surface area contributed by atoms with Gasteiger partial charge in [0.05, 0.1) is 5.01 Å². The molecule has 92 valence electrons. The van der Waals surface area contributed by atoms with Crippen molar-refractivity contribution in [3.63, 3.8) is 0 Å². The summed E-state index contributed by atoms with van der Waals surface area (Å²) >= 11 is 1.72. The summed E-state index contributed by atoms with van der Waals surface area (Å²) in [5.74, 6) is 1.07. The Balaban J connectivity index is 1.71. The van der Waals surface area contributed by atoms with E-state index in [0.717, 1.165) is 25.3 Å². The summed E-state index contributed by atoms with van der Waals surface area (Å²) in [7, 11) is 0. The molecule has 0 aliphatic heterocycles. The van der Waals surface area contributed by atoms with E-state index in [9.17, 15) is 0 Å². The van der Waals surface area contributed by atoms with Crippen molar-refractivity contribution in [2.75, 3.05) is 6.54 Å². The van der Waals surface area contributed by atoms with Crippen LogP contribution in [0.2, 0.25) is 0 Å². The smallest absolute Gasteiger partial charge is 0.105 e. The van der Waals surface area contributed by atoms with Gasteiger partial charge < -0.3 is 9.88 Å². The molecule has 2 aromatic rings. The van der Waals surface area contributed by atoms with E-state index in [0.29, 0.717) is 6.04 Å². The van der Waals surface area contributed by atoms with Gasteiger partial charge in [0.25, 0.3) is 0 Å². The van der Waals surface area contributed by atoms with Gasteiger partial charge in [-0.1, -0.05) is 0 Å². The molecule has 0 aliphatic rings. The van der Waals surface area contributed by atoms with E-state index in [2.05, 4.69) is 26.8 Å². The van der Waals surface area contributed by atoms with Crippen molar-refractivity contribution in [2.45, 2.75) is 32.9 Å². The lowest BCUT2D eigenvalue weighted by molar-refractivity contribution is 0.474. The second kappa shape index (κ2) is 5.93. The summed E-state index contributed by atoms with van der Waals surface area (Å²) in [5, 5.41) is 6.72. The molecule has 0 saturated carbocycles. The molecule has 0 aromatic carbocycles. The minimum Gasteiger partial charge on any atom is -0.334 e. The number of rotatable bonds is 6. The number of hydrogen-bond donors (Lipinski definition) is 1. The SMILES string of the molecule is Cc1nccn1C[C@H](C)NCCc1nccs1. The van der Waals surface area contributed by atoms with E-state index in [1.165, 1.54) is 5.01 Å². The van der Waals surface area contributed by atoms with Crippen molar-refractivity contribution < 1.29 is 0 Å². The Kier molecular flexibility index (Phi) is 4.28. The quantitative estimate of drug-likeness (QED) is 0.851. The molecule has 0 spiro atoms. The molecule has 0 amide bonds. The van der Waals surface area contributed by atoms with Gasteiger partial charge >= 0.3 is 0 Å². The average molecular weight is 250 g/mol. The molecule has 5 heteroatoms. The molecule has 0 aliphatic carbocycles. The van der Waals surface area contributed by atoms with Gasteiger partial charge in [0.1, 0.15) is 5.82 Å². The first-order chi connectivity index (χ1) is 8.25. The van der Waals surface area contributed by atoms with Crippen LogP contribution in [0, 0.1) is 6.92 Å². The summed E-state index contributed by atoms with van der Waals surface area (Å²) < 4.78 is 2.17. The number of aryl methyl sites for hydroxylation is 1. The molecule has 0 fully saturated rings. The third-order valence-electron chi connectivity index (χ3n) is 2.71. The predicted octanol–water partition coefficient (Wildman–Crippen LogP) is 1.87. The summed E-state index contributed by atoms with van der Waals surface area (Å²) in [5.41, 5.74) is 0.